The van der Waals surface area contributed by atoms with Gasteiger partial charge in [0, 0.05) is 18.2 Å². The smallest absolute Gasteiger partial charge is 0.315 e. The second-order valence-corrected chi connectivity index (χ2v) is 5.18. The molecule has 1 aromatic carbocycles. The van der Waals surface area contributed by atoms with E-state index in [9.17, 15) is 10.1 Å². The van der Waals surface area contributed by atoms with E-state index < -0.39 is 4.92 Å². The Bertz CT molecular complexity index is 649. The molecule has 0 unspecified atom stereocenters. The fourth-order valence-electron chi connectivity index (χ4n) is 1.80. The number of hydrogen-bond acceptors (Lipinski definition) is 6. The molecule has 0 aliphatic carbocycles. The predicted molar refractivity (Wildman–Crippen MR) is 102 cm³/mol. The van der Waals surface area contributed by atoms with Crippen molar-refractivity contribution in [2.24, 2.45) is 5.10 Å². The first-order valence-electron chi connectivity index (χ1n) is 7.79. The summed E-state index contributed by atoms with van der Waals surface area (Å²) in [6.45, 7) is 8.50. The van der Waals surface area contributed by atoms with E-state index in [-0.39, 0.29) is 11.4 Å². The highest BCUT2D eigenvalue weighted by molar-refractivity contribution is 7.80. The number of hydrazone groups is 1. The number of thiocarbonyl (C=S) groups is 1. The zero-order chi connectivity index (χ0) is 18.7. The van der Waals surface area contributed by atoms with Crippen LogP contribution in [0.25, 0.3) is 0 Å². The largest absolute Gasteiger partial charge is 0.490 e. The molecule has 0 amide bonds. The van der Waals surface area contributed by atoms with Crippen molar-refractivity contribution in [1.82, 2.24) is 10.7 Å². The lowest BCUT2D eigenvalue weighted by molar-refractivity contribution is -0.386. The SMILES string of the molecule is C=CCNC(=S)N/N=C/c1cc(OCC)c(OCCC)c([N+](=O)[O-])c1. The van der Waals surface area contributed by atoms with Crippen LogP contribution in [0, 0.1) is 10.1 Å². The van der Waals surface area contributed by atoms with Gasteiger partial charge in [0.15, 0.2) is 10.9 Å². The van der Waals surface area contributed by atoms with Crippen molar-refractivity contribution in [3.05, 3.63) is 40.5 Å². The van der Waals surface area contributed by atoms with Gasteiger partial charge in [-0.25, -0.2) is 0 Å². The first kappa shape index (κ1) is 20.4. The zero-order valence-electron chi connectivity index (χ0n) is 14.3. The van der Waals surface area contributed by atoms with Crippen molar-refractivity contribution < 1.29 is 14.4 Å². The number of nitro benzene ring substituents is 1. The van der Waals surface area contributed by atoms with Crippen LogP contribution in [0.4, 0.5) is 5.69 Å². The molecular weight excluding hydrogens is 344 g/mol. The molecule has 0 aliphatic rings. The second-order valence-electron chi connectivity index (χ2n) is 4.77. The van der Waals surface area contributed by atoms with Crippen molar-refractivity contribution >= 4 is 29.2 Å². The Labute approximate surface area is 152 Å². The van der Waals surface area contributed by atoms with Gasteiger partial charge in [0.1, 0.15) is 0 Å². The lowest BCUT2D eigenvalue weighted by Crippen LogP contribution is -2.31. The Morgan fingerprint density at radius 3 is 2.80 bits per heavy atom. The minimum Gasteiger partial charge on any atom is -0.490 e. The fraction of sp³-hybridized carbons (Fsp3) is 0.375. The van der Waals surface area contributed by atoms with Crippen molar-refractivity contribution in [3.8, 4) is 11.5 Å². The van der Waals surface area contributed by atoms with Gasteiger partial charge in [0.2, 0.25) is 5.75 Å². The number of hydrogen-bond donors (Lipinski definition) is 2. The molecule has 1 aromatic rings. The molecule has 1 rings (SSSR count). The number of nitrogens with one attached hydrogen (secondary N) is 2. The van der Waals surface area contributed by atoms with Crippen LogP contribution in [-0.2, 0) is 0 Å². The van der Waals surface area contributed by atoms with Crippen LogP contribution in [0.15, 0.2) is 29.9 Å². The lowest BCUT2D eigenvalue weighted by atomic mass is 10.2. The Kier molecular flexibility index (Phi) is 8.94. The van der Waals surface area contributed by atoms with Gasteiger partial charge >= 0.3 is 5.69 Å². The third-order valence-corrected chi connectivity index (χ3v) is 3.03. The summed E-state index contributed by atoms with van der Waals surface area (Å²) in [6, 6.07) is 3.01. The fourth-order valence-corrected chi connectivity index (χ4v) is 1.94. The van der Waals surface area contributed by atoms with E-state index in [2.05, 4.69) is 22.4 Å². The average molecular weight is 366 g/mol. The molecule has 0 bridgehead atoms. The third-order valence-electron chi connectivity index (χ3n) is 2.79. The van der Waals surface area contributed by atoms with E-state index in [1.165, 1.54) is 12.3 Å². The van der Waals surface area contributed by atoms with E-state index in [1.807, 2.05) is 6.92 Å². The van der Waals surface area contributed by atoms with Gasteiger partial charge in [-0.05, 0) is 31.6 Å². The molecule has 0 saturated heterocycles. The number of nitrogens with zero attached hydrogens (tertiary/aromatic N) is 2. The summed E-state index contributed by atoms with van der Waals surface area (Å²) in [7, 11) is 0. The highest BCUT2D eigenvalue weighted by Gasteiger charge is 2.22. The maximum absolute atomic E-state index is 11.4. The van der Waals surface area contributed by atoms with Crippen LogP contribution in [0.1, 0.15) is 25.8 Å². The molecule has 0 heterocycles. The Balaban J connectivity index is 3.05. The molecule has 0 saturated carbocycles. The molecule has 0 atom stereocenters. The summed E-state index contributed by atoms with van der Waals surface area (Å²) in [5, 5.41) is 18.5. The maximum Gasteiger partial charge on any atom is 0.315 e. The molecule has 136 valence electrons. The topological polar surface area (TPSA) is 98.0 Å². The van der Waals surface area contributed by atoms with Crippen LogP contribution in [-0.4, -0.2) is 36.0 Å². The van der Waals surface area contributed by atoms with Crippen LogP contribution in [0.3, 0.4) is 0 Å². The molecule has 2 N–H and O–H groups in total. The normalized spacial score (nSPS) is 10.3. The third kappa shape index (κ3) is 6.76. The van der Waals surface area contributed by atoms with E-state index in [0.29, 0.717) is 36.2 Å². The first-order valence-corrected chi connectivity index (χ1v) is 8.20. The van der Waals surface area contributed by atoms with Gasteiger partial charge in [-0.3, -0.25) is 15.5 Å². The molecule has 0 spiro atoms. The van der Waals surface area contributed by atoms with Gasteiger partial charge in [-0.15, -0.1) is 6.58 Å². The zero-order valence-corrected chi connectivity index (χ0v) is 15.1. The molecule has 0 fully saturated rings. The minimum atomic E-state index is -0.505. The molecule has 0 aliphatic heterocycles. The van der Waals surface area contributed by atoms with Crippen LogP contribution < -0.4 is 20.2 Å². The van der Waals surface area contributed by atoms with Crippen molar-refractivity contribution in [3.63, 3.8) is 0 Å². The van der Waals surface area contributed by atoms with E-state index >= 15 is 0 Å². The molecule has 9 heteroatoms. The summed E-state index contributed by atoms with van der Waals surface area (Å²) >= 11 is 5.00. The first-order chi connectivity index (χ1) is 12.0. The van der Waals surface area contributed by atoms with Gasteiger partial charge in [-0.1, -0.05) is 13.0 Å². The van der Waals surface area contributed by atoms with Gasteiger partial charge in [0.05, 0.1) is 24.4 Å². The summed E-state index contributed by atoms with van der Waals surface area (Å²) in [5.41, 5.74) is 2.93. The van der Waals surface area contributed by atoms with Crippen LogP contribution in [0.2, 0.25) is 0 Å². The summed E-state index contributed by atoms with van der Waals surface area (Å²) in [6.07, 6.45) is 3.80. The standard InChI is InChI=1S/C16H22N4O4S/c1-4-7-17-16(25)19-18-11-12-9-13(20(21)22)15(24-8-5-2)14(10-12)23-6-3/h4,9-11H,1,5-8H2,2-3H3,(H2,17,19,25)/b18-11+. The average Bonchev–Trinajstić information content (AvgIpc) is 2.58. The van der Waals surface area contributed by atoms with Crippen LogP contribution >= 0.6 is 12.2 Å². The number of ether oxygens (including phenoxy) is 2. The molecule has 0 radical (unpaired) electrons. The molecule has 25 heavy (non-hydrogen) atoms. The van der Waals surface area contributed by atoms with Crippen molar-refractivity contribution in [2.45, 2.75) is 20.3 Å². The predicted octanol–water partition coefficient (Wildman–Crippen LogP) is 2.77. The summed E-state index contributed by atoms with van der Waals surface area (Å²) in [5.74, 6) is 0.431. The minimum absolute atomic E-state index is 0.127. The second kappa shape index (κ2) is 11.0. The highest BCUT2D eigenvalue weighted by atomic mass is 32.1. The highest BCUT2D eigenvalue weighted by Crippen LogP contribution is 2.38. The Morgan fingerprint density at radius 2 is 2.20 bits per heavy atom. The van der Waals surface area contributed by atoms with Gasteiger partial charge in [0.25, 0.3) is 0 Å². The van der Waals surface area contributed by atoms with E-state index in [4.69, 9.17) is 21.7 Å². The molecule has 8 nitrogen and oxygen atoms in total. The number of benzene rings is 1. The van der Waals surface area contributed by atoms with Crippen molar-refractivity contribution in [1.29, 1.82) is 0 Å². The quantitative estimate of drug-likeness (QED) is 0.216. The van der Waals surface area contributed by atoms with Crippen molar-refractivity contribution in [2.75, 3.05) is 19.8 Å². The Hall–Kier alpha value is -2.68. The van der Waals surface area contributed by atoms with Gasteiger partial charge < -0.3 is 14.8 Å². The number of rotatable bonds is 10. The van der Waals surface area contributed by atoms with Gasteiger partial charge in [-0.2, -0.15) is 5.10 Å². The lowest BCUT2D eigenvalue weighted by Gasteiger charge is -2.12. The number of nitro groups is 1. The van der Waals surface area contributed by atoms with E-state index in [0.717, 1.165) is 6.42 Å². The maximum atomic E-state index is 11.4. The van der Waals surface area contributed by atoms with E-state index in [1.54, 1.807) is 19.1 Å². The summed E-state index contributed by atoms with van der Waals surface area (Å²) < 4.78 is 11.0. The summed E-state index contributed by atoms with van der Waals surface area (Å²) in [4.78, 5) is 10.9. The van der Waals surface area contributed by atoms with Crippen LogP contribution in [0.5, 0.6) is 11.5 Å². The monoisotopic (exact) mass is 366 g/mol. The molecular formula is C16H22N4O4S. The Morgan fingerprint density at radius 1 is 1.44 bits per heavy atom. The molecule has 0 aromatic heterocycles.